The second-order valence-corrected chi connectivity index (χ2v) is 13.7. The van der Waals surface area contributed by atoms with Crippen LogP contribution in [0.2, 0.25) is 0 Å². The molecule has 2 nitrogen and oxygen atoms in total. The van der Waals surface area contributed by atoms with Crippen LogP contribution in [0.25, 0.3) is 66.1 Å². The monoisotopic (exact) mass is 683 g/mol. The van der Waals surface area contributed by atoms with Gasteiger partial charge in [-0.05, 0) is 98.8 Å². The molecule has 9 heteroatoms. The maximum absolute atomic E-state index is 6.67. The lowest BCUT2D eigenvalue weighted by atomic mass is 9.59. The van der Waals surface area contributed by atoms with Gasteiger partial charge in [0.2, 0.25) is 0 Å². The Morgan fingerprint density at radius 1 is 0.327 bits per heavy atom. The van der Waals surface area contributed by atoms with E-state index >= 15 is 0 Å². The lowest BCUT2D eigenvalue weighted by Crippen LogP contribution is -2.52. The zero-order valence-electron chi connectivity index (χ0n) is 29.8. The van der Waals surface area contributed by atoms with Crippen LogP contribution in [0.15, 0.2) is 150 Å². The molecule has 1 aromatic heterocycles. The molecular weight excluding hydrogens is 658 g/mol. The first kappa shape index (κ1) is 34.8. The molecule has 0 saturated carbocycles. The number of nitrogens with zero attached hydrogens (tertiary/aromatic N) is 1. The maximum atomic E-state index is 6.67. The molecule has 0 spiro atoms. The summed E-state index contributed by atoms with van der Waals surface area (Å²) < 4.78 is 6.24. The Hall–Kier alpha value is -5.93. The van der Waals surface area contributed by atoms with Gasteiger partial charge in [0.05, 0.1) is 0 Å². The Morgan fingerprint density at radius 2 is 0.836 bits per heavy atom. The SMILES string of the molecule is [B]c1c([B])c([B])c2c(-c3ccc(N(c4ccc(-c5ccccc5)cc4)c4cccc(-c5ccc6c(c5)oc5ccccc56)c4)cc3)c([B])c([B])c([B])c2c1[B]. The van der Waals surface area contributed by atoms with E-state index in [1.807, 2.05) is 60.7 Å². The topological polar surface area (TPSA) is 16.4 Å². The van der Waals surface area contributed by atoms with Crippen LogP contribution in [0.5, 0.6) is 0 Å². The average Bonchev–Trinajstić information content (AvgIpc) is 3.60. The fourth-order valence-electron chi connectivity index (χ4n) is 7.61. The number of fused-ring (bicyclic) bond motifs is 4. The van der Waals surface area contributed by atoms with Crippen molar-refractivity contribution in [3.05, 3.63) is 146 Å². The van der Waals surface area contributed by atoms with Crippen LogP contribution in [-0.2, 0) is 0 Å². The Kier molecular flexibility index (Phi) is 8.69. The molecular formula is C46H24B7NO. The molecule has 0 unspecified atom stereocenters. The van der Waals surface area contributed by atoms with E-state index in [4.69, 9.17) is 59.3 Å². The highest BCUT2D eigenvalue weighted by Gasteiger charge is 2.20. The second kappa shape index (κ2) is 13.7. The molecule has 0 aliphatic heterocycles. The van der Waals surface area contributed by atoms with E-state index in [2.05, 4.69) is 89.8 Å². The Labute approximate surface area is 329 Å². The van der Waals surface area contributed by atoms with Crippen molar-refractivity contribution in [1.29, 1.82) is 0 Å². The molecule has 14 radical (unpaired) electrons. The van der Waals surface area contributed by atoms with Crippen LogP contribution in [0, 0.1) is 0 Å². The third-order valence-electron chi connectivity index (χ3n) is 10.5. The van der Waals surface area contributed by atoms with E-state index < -0.39 is 0 Å². The zero-order valence-corrected chi connectivity index (χ0v) is 29.8. The van der Waals surface area contributed by atoms with Gasteiger partial charge in [0.15, 0.2) is 0 Å². The lowest BCUT2D eigenvalue weighted by Gasteiger charge is -2.27. The summed E-state index contributed by atoms with van der Waals surface area (Å²) in [6.07, 6.45) is 0. The van der Waals surface area contributed by atoms with E-state index in [0.29, 0.717) is 16.3 Å². The standard InChI is InChI=1S/C46H24B7NO/c47-40-37(38-39(42(49)44(40)51)43(50)46(53)45(52)41(38)48)27-15-20-31(21-16-27)54(30-18-13-26(14-19-30)25-7-2-1-3-8-25)32-10-6-9-28(23-32)29-17-22-34-33-11-4-5-12-35(33)55-36(34)24-29/h1-24H. The van der Waals surface area contributed by atoms with E-state index in [9.17, 15) is 0 Å². The fourth-order valence-corrected chi connectivity index (χ4v) is 7.61. The fraction of sp³-hybridized carbons (Fsp3) is 0. The van der Waals surface area contributed by atoms with Crippen LogP contribution in [-0.4, -0.2) is 54.9 Å². The van der Waals surface area contributed by atoms with Crippen molar-refractivity contribution >= 4 is 143 Å². The summed E-state index contributed by atoms with van der Waals surface area (Å²) in [5.41, 5.74) is 11.6. The largest absolute Gasteiger partial charge is 0.456 e. The molecule has 9 aromatic rings. The van der Waals surface area contributed by atoms with Crippen LogP contribution < -0.4 is 43.1 Å². The van der Waals surface area contributed by atoms with Gasteiger partial charge in [-0.15, -0.1) is 16.4 Å². The maximum Gasteiger partial charge on any atom is 0.136 e. The summed E-state index contributed by atoms with van der Waals surface area (Å²) >= 11 is 0. The van der Waals surface area contributed by atoms with Gasteiger partial charge in [0, 0.05) is 27.8 Å². The van der Waals surface area contributed by atoms with Crippen LogP contribution in [0.1, 0.15) is 0 Å². The average molecular weight is 682 g/mol. The predicted molar refractivity (Wildman–Crippen MR) is 240 cm³/mol. The Bertz CT molecular complexity index is 2930. The van der Waals surface area contributed by atoms with Gasteiger partial charge in [0.1, 0.15) is 66.1 Å². The summed E-state index contributed by atoms with van der Waals surface area (Å²) in [7, 11) is 45.1. The number of anilines is 3. The predicted octanol–water partition coefficient (Wildman–Crippen LogP) is 4.77. The number of rotatable bonds is 6. The molecule has 0 atom stereocenters. The third-order valence-corrected chi connectivity index (χ3v) is 10.5. The molecule has 0 saturated heterocycles. The second-order valence-electron chi connectivity index (χ2n) is 13.7. The first-order valence-electron chi connectivity index (χ1n) is 17.8. The van der Waals surface area contributed by atoms with Gasteiger partial charge in [-0.25, -0.2) is 0 Å². The van der Waals surface area contributed by atoms with Gasteiger partial charge in [-0.2, -0.15) is 0 Å². The number of benzene rings is 8. The van der Waals surface area contributed by atoms with Gasteiger partial charge < -0.3 is 9.32 Å². The highest BCUT2D eigenvalue weighted by atomic mass is 16.3. The molecule has 55 heavy (non-hydrogen) atoms. The highest BCUT2D eigenvalue weighted by Crippen LogP contribution is 2.39. The van der Waals surface area contributed by atoms with E-state index in [1.54, 1.807) is 0 Å². The van der Waals surface area contributed by atoms with Crippen molar-refractivity contribution in [3.63, 3.8) is 0 Å². The number of hydrogen-bond donors (Lipinski definition) is 0. The molecule has 0 aliphatic carbocycles. The van der Waals surface area contributed by atoms with Crippen molar-refractivity contribution in [2.24, 2.45) is 0 Å². The molecule has 0 amide bonds. The summed E-state index contributed by atoms with van der Waals surface area (Å²) in [4.78, 5) is 2.21. The molecule has 0 aliphatic rings. The van der Waals surface area contributed by atoms with E-state index in [-0.39, 0.29) is 38.2 Å². The van der Waals surface area contributed by atoms with Crippen molar-refractivity contribution in [2.45, 2.75) is 0 Å². The van der Waals surface area contributed by atoms with Crippen molar-refractivity contribution in [3.8, 4) is 33.4 Å². The number of hydrogen-bond acceptors (Lipinski definition) is 2. The van der Waals surface area contributed by atoms with E-state index in [1.165, 1.54) is 0 Å². The first-order chi connectivity index (χ1) is 26.7. The quantitative estimate of drug-likeness (QED) is 0.236. The minimum atomic E-state index is 0.149. The van der Waals surface area contributed by atoms with Gasteiger partial charge in [-0.1, -0.05) is 113 Å². The smallest absolute Gasteiger partial charge is 0.136 e. The minimum absolute atomic E-state index is 0.149. The normalized spacial score (nSPS) is 11.4. The summed E-state index contributed by atoms with van der Waals surface area (Å²) in [5, 5.41) is 3.11. The molecule has 8 aromatic carbocycles. The molecule has 9 rings (SSSR count). The van der Waals surface area contributed by atoms with Gasteiger partial charge in [-0.3, -0.25) is 0 Å². The van der Waals surface area contributed by atoms with Gasteiger partial charge in [0.25, 0.3) is 0 Å². The van der Waals surface area contributed by atoms with Crippen molar-refractivity contribution in [2.75, 3.05) is 4.90 Å². The summed E-state index contributed by atoms with van der Waals surface area (Å²) in [5.74, 6) is 0. The minimum Gasteiger partial charge on any atom is -0.456 e. The first-order valence-corrected chi connectivity index (χ1v) is 17.8. The molecule has 1 heterocycles. The van der Waals surface area contributed by atoms with Gasteiger partial charge >= 0.3 is 0 Å². The van der Waals surface area contributed by atoms with E-state index in [0.717, 1.165) is 66.8 Å². The highest BCUT2D eigenvalue weighted by molar-refractivity contribution is 6.71. The Morgan fingerprint density at radius 3 is 1.53 bits per heavy atom. The summed E-state index contributed by atoms with van der Waals surface area (Å²) in [6.45, 7) is 0. The molecule has 0 bridgehead atoms. The molecule has 240 valence electrons. The zero-order chi connectivity index (χ0) is 38.0. The van der Waals surface area contributed by atoms with Crippen LogP contribution in [0.4, 0.5) is 17.1 Å². The van der Waals surface area contributed by atoms with Crippen molar-refractivity contribution in [1.82, 2.24) is 0 Å². The van der Waals surface area contributed by atoms with Crippen LogP contribution >= 0.6 is 0 Å². The van der Waals surface area contributed by atoms with Crippen LogP contribution in [0.3, 0.4) is 0 Å². The lowest BCUT2D eigenvalue weighted by molar-refractivity contribution is 0.669. The summed E-state index contributed by atoms with van der Waals surface area (Å²) in [6, 6.07) is 49.8. The molecule has 0 N–H and O–H groups in total. The number of furan rings is 1. The van der Waals surface area contributed by atoms with Crippen molar-refractivity contribution < 1.29 is 4.42 Å². The number of para-hydroxylation sites is 1. The Balaban J connectivity index is 1.18. The molecule has 0 fully saturated rings. The third kappa shape index (κ3) is 5.85.